The van der Waals surface area contributed by atoms with Gasteiger partial charge in [-0.2, -0.15) is 0 Å². The van der Waals surface area contributed by atoms with Gasteiger partial charge in [0, 0.05) is 18.1 Å². The molecule has 1 heterocycles. The Morgan fingerprint density at radius 3 is 2.67 bits per heavy atom. The van der Waals surface area contributed by atoms with E-state index in [2.05, 4.69) is 17.1 Å². The van der Waals surface area contributed by atoms with E-state index in [1.54, 1.807) is 6.20 Å². The number of hydrogen-bond acceptors (Lipinski definition) is 2. The van der Waals surface area contributed by atoms with Crippen LogP contribution in [-0.4, -0.2) is 4.98 Å². The standard InChI is InChI=1S/C15H17ClN2/c16-14(12-5-2-1-3-6-12)8-4-7-13-11-18-10-9-15(13)17/h1-3,5-6,9-11,14H,4,7-8H2,(H2,17,18). The summed E-state index contributed by atoms with van der Waals surface area (Å²) in [6.07, 6.45) is 6.43. The predicted molar refractivity (Wildman–Crippen MR) is 76.6 cm³/mol. The van der Waals surface area contributed by atoms with Crippen molar-refractivity contribution in [3.8, 4) is 0 Å². The number of aromatic nitrogens is 1. The topological polar surface area (TPSA) is 38.9 Å². The Morgan fingerprint density at radius 1 is 1.17 bits per heavy atom. The van der Waals surface area contributed by atoms with Crippen LogP contribution >= 0.6 is 11.6 Å². The molecule has 0 radical (unpaired) electrons. The van der Waals surface area contributed by atoms with Gasteiger partial charge in [-0.05, 0) is 36.5 Å². The van der Waals surface area contributed by atoms with Gasteiger partial charge in [0.1, 0.15) is 0 Å². The van der Waals surface area contributed by atoms with Crippen LogP contribution in [0.15, 0.2) is 48.8 Å². The van der Waals surface area contributed by atoms with Crippen LogP contribution in [0, 0.1) is 0 Å². The van der Waals surface area contributed by atoms with Crippen LogP contribution in [-0.2, 0) is 6.42 Å². The van der Waals surface area contributed by atoms with Crippen molar-refractivity contribution in [3.63, 3.8) is 0 Å². The molecule has 2 rings (SSSR count). The van der Waals surface area contributed by atoms with E-state index in [0.717, 1.165) is 30.5 Å². The molecule has 1 unspecified atom stereocenters. The Labute approximate surface area is 113 Å². The lowest BCUT2D eigenvalue weighted by atomic mass is 10.0. The van der Waals surface area contributed by atoms with E-state index in [4.69, 9.17) is 17.3 Å². The molecule has 0 aliphatic carbocycles. The maximum atomic E-state index is 6.37. The summed E-state index contributed by atoms with van der Waals surface area (Å²) in [6.45, 7) is 0. The summed E-state index contributed by atoms with van der Waals surface area (Å²) >= 11 is 6.37. The highest BCUT2D eigenvalue weighted by Crippen LogP contribution is 2.26. The Kier molecular flexibility index (Phi) is 4.59. The highest BCUT2D eigenvalue weighted by molar-refractivity contribution is 6.20. The Balaban J connectivity index is 1.84. The minimum absolute atomic E-state index is 0.0732. The summed E-state index contributed by atoms with van der Waals surface area (Å²) in [6, 6.07) is 12.0. The van der Waals surface area contributed by atoms with Crippen LogP contribution < -0.4 is 5.73 Å². The zero-order valence-corrected chi connectivity index (χ0v) is 11.0. The van der Waals surface area contributed by atoms with Gasteiger partial charge in [0.05, 0.1) is 5.38 Å². The number of nitrogen functional groups attached to an aromatic ring is 1. The van der Waals surface area contributed by atoms with Crippen LogP contribution in [0.5, 0.6) is 0 Å². The molecule has 18 heavy (non-hydrogen) atoms. The fourth-order valence-electron chi connectivity index (χ4n) is 1.95. The van der Waals surface area contributed by atoms with Gasteiger partial charge in [-0.1, -0.05) is 30.3 Å². The van der Waals surface area contributed by atoms with Crippen LogP contribution in [0.4, 0.5) is 5.69 Å². The lowest BCUT2D eigenvalue weighted by Gasteiger charge is -2.10. The second kappa shape index (κ2) is 6.41. The number of anilines is 1. The van der Waals surface area contributed by atoms with E-state index in [9.17, 15) is 0 Å². The number of halogens is 1. The van der Waals surface area contributed by atoms with Crippen LogP contribution in [0.1, 0.15) is 29.3 Å². The maximum absolute atomic E-state index is 6.37. The zero-order valence-electron chi connectivity index (χ0n) is 10.2. The molecule has 94 valence electrons. The largest absolute Gasteiger partial charge is 0.398 e. The average Bonchev–Trinajstić information content (AvgIpc) is 2.42. The highest BCUT2D eigenvalue weighted by atomic mass is 35.5. The molecule has 0 amide bonds. The molecule has 0 saturated heterocycles. The van der Waals surface area contributed by atoms with E-state index in [-0.39, 0.29) is 5.38 Å². The van der Waals surface area contributed by atoms with Crippen LogP contribution in [0.2, 0.25) is 0 Å². The van der Waals surface area contributed by atoms with E-state index >= 15 is 0 Å². The van der Waals surface area contributed by atoms with E-state index < -0.39 is 0 Å². The van der Waals surface area contributed by atoms with Gasteiger partial charge in [-0.15, -0.1) is 11.6 Å². The van der Waals surface area contributed by atoms with Gasteiger partial charge in [0.2, 0.25) is 0 Å². The van der Waals surface area contributed by atoms with Gasteiger partial charge in [0.15, 0.2) is 0 Å². The molecule has 2 aromatic rings. The number of benzene rings is 1. The second-order valence-corrected chi connectivity index (χ2v) is 4.87. The van der Waals surface area contributed by atoms with E-state index in [1.165, 1.54) is 5.56 Å². The van der Waals surface area contributed by atoms with Crippen molar-refractivity contribution in [2.75, 3.05) is 5.73 Å². The average molecular weight is 261 g/mol. The first-order valence-electron chi connectivity index (χ1n) is 6.15. The molecule has 1 aromatic carbocycles. The lowest BCUT2D eigenvalue weighted by Crippen LogP contribution is -1.97. The van der Waals surface area contributed by atoms with Gasteiger partial charge in [-0.3, -0.25) is 4.98 Å². The Hall–Kier alpha value is -1.54. The number of aryl methyl sites for hydroxylation is 1. The normalized spacial score (nSPS) is 12.3. The van der Waals surface area contributed by atoms with E-state index in [1.807, 2.05) is 30.5 Å². The van der Waals surface area contributed by atoms with Crippen molar-refractivity contribution in [1.82, 2.24) is 4.98 Å². The van der Waals surface area contributed by atoms with Crippen molar-refractivity contribution in [1.29, 1.82) is 0 Å². The van der Waals surface area contributed by atoms with Gasteiger partial charge in [-0.25, -0.2) is 0 Å². The molecule has 1 aromatic heterocycles. The minimum Gasteiger partial charge on any atom is -0.398 e. The number of hydrogen-bond donors (Lipinski definition) is 1. The smallest absolute Gasteiger partial charge is 0.0585 e. The molecule has 0 saturated carbocycles. The zero-order chi connectivity index (χ0) is 12.8. The van der Waals surface area contributed by atoms with Crippen molar-refractivity contribution in [2.45, 2.75) is 24.6 Å². The first-order chi connectivity index (χ1) is 8.77. The third kappa shape index (κ3) is 3.47. The van der Waals surface area contributed by atoms with Crippen molar-refractivity contribution >= 4 is 17.3 Å². The second-order valence-electron chi connectivity index (χ2n) is 4.34. The summed E-state index contributed by atoms with van der Waals surface area (Å²) in [5.41, 5.74) is 8.98. The summed E-state index contributed by atoms with van der Waals surface area (Å²) in [5, 5.41) is 0.0732. The molecule has 2 N–H and O–H groups in total. The molecule has 0 aliphatic rings. The predicted octanol–water partition coefficient (Wildman–Crippen LogP) is 3.97. The monoisotopic (exact) mass is 260 g/mol. The number of pyridine rings is 1. The molecular formula is C15H17ClN2. The summed E-state index contributed by atoms with van der Waals surface area (Å²) < 4.78 is 0. The molecule has 1 atom stereocenters. The minimum atomic E-state index is 0.0732. The first-order valence-corrected chi connectivity index (χ1v) is 6.58. The molecule has 3 heteroatoms. The summed E-state index contributed by atoms with van der Waals surface area (Å²) in [4.78, 5) is 4.09. The maximum Gasteiger partial charge on any atom is 0.0585 e. The molecule has 0 aliphatic heterocycles. The quantitative estimate of drug-likeness (QED) is 0.827. The summed E-state index contributed by atoms with van der Waals surface area (Å²) in [7, 11) is 0. The summed E-state index contributed by atoms with van der Waals surface area (Å²) in [5.74, 6) is 0. The van der Waals surface area contributed by atoms with E-state index in [0.29, 0.717) is 0 Å². The number of nitrogens with zero attached hydrogens (tertiary/aromatic N) is 1. The van der Waals surface area contributed by atoms with Gasteiger partial charge in [0.25, 0.3) is 0 Å². The molecule has 2 nitrogen and oxygen atoms in total. The highest BCUT2D eigenvalue weighted by Gasteiger charge is 2.07. The van der Waals surface area contributed by atoms with Crippen LogP contribution in [0.3, 0.4) is 0 Å². The molecule has 0 bridgehead atoms. The molecule has 0 spiro atoms. The third-order valence-electron chi connectivity index (χ3n) is 3.01. The Bertz CT molecular complexity index is 485. The van der Waals surface area contributed by atoms with Gasteiger partial charge < -0.3 is 5.73 Å². The van der Waals surface area contributed by atoms with Gasteiger partial charge >= 0.3 is 0 Å². The fourth-order valence-corrected chi connectivity index (χ4v) is 2.25. The first kappa shape index (κ1) is 12.9. The van der Waals surface area contributed by atoms with Crippen molar-refractivity contribution in [3.05, 3.63) is 59.9 Å². The fraction of sp³-hybridized carbons (Fsp3) is 0.267. The molecular weight excluding hydrogens is 244 g/mol. The number of rotatable bonds is 5. The molecule has 0 fully saturated rings. The lowest BCUT2D eigenvalue weighted by molar-refractivity contribution is 0.716. The Morgan fingerprint density at radius 2 is 1.94 bits per heavy atom. The number of nitrogens with two attached hydrogens (primary N) is 1. The van der Waals surface area contributed by atoms with Crippen molar-refractivity contribution < 1.29 is 0 Å². The number of alkyl halides is 1. The SMILES string of the molecule is Nc1ccncc1CCCC(Cl)c1ccccc1. The van der Waals surface area contributed by atoms with Crippen LogP contribution in [0.25, 0.3) is 0 Å². The van der Waals surface area contributed by atoms with Crippen molar-refractivity contribution in [2.24, 2.45) is 0 Å². The third-order valence-corrected chi connectivity index (χ3v) is 3.48.